The molecule has 1 fully saturated rings. The number of alkyl carbamates (subject to hydrolysis) is 1. The third kappa shape index (κ3) is 18.3. The maximum atomic E-state index is 13.1. The molecular formula is C50H56N10O20S2. The van der Waals surface area contributed by atoms with E-state index in [0.29, 0.717) is 22.5 Å². The molecule has 3 heterocycles. The van der Waals surface area contributed by atoms with E-state index in [9.17, 15) is 79.2 Å². The van der Waals surface area contributed by atoms with Crippen LogP contribution < -0.4 is 47.4 Å². The summed E-state index contributed by atoms with van der Waals surface area (Å²) < 4.78 is 21.6. The lowest BCUT2D eigenvalue weighted by atomic mass is 9.99. The molecule has 1 aliphatic heterocycles. The number of aliphatic carboxylic acids is 3. The predicted molar refractivity (Wildman–Crippen MR) is 291 cm³/mol. The van der Waals surface area contributed by atoms with Gasteiger partial charge >= 0.3 is 24.0 Å². The van der Waals surface area contributed by atoms with Crippen LogP contribution in [0.2, 0.25) is 0 Å². The Bertz CT molecular complexity index is 3210. The number of anilines is 2. The number of methoxy groups -OCH3 is 1. The molecular weight excluding hydrogens is 1120 g/mol. The number of nitrogens with two attached hydrogens (primary N) is 1. The van der Waals surface area contributed by atoms with E-state index in [2.05, 4.69) is 46.5 Å². The van der Waals surface area contributed by atoms with Crippen LogP contribution in [0.5, 0.6) is 23.0 Å². The van der Waals surface area contributed by atoms with E-state index in [-0.39, 0.29) is 70.3 Å². The van der Waals surface area contributed by atoms with Gasteiger partial charge in [-0.2, -0.15) is 4.98 Å². The van der Waals surface area contributed by atoms with Crippen LogP contribution in [0.4, 0.5) is 16.4 Å². The average molecular weight is 1180 g/mol. The standard InChI is InChI=1S/C50H56N10O20S2/c1-77-34-10-4-23(16-33(34)62)2-3-24-14-28(61)17-29(15-24)79-48-41(68)40(67)39(66)35(80-48)21-54-50(76)78-12-13-81-82-22-32(47(74)75)58-44(70)31(18-37(64)65)56-36(63)11-9-30(46(72)73)57-43(69)25-5-7-26(8-6-25)52-19-27-20-53-42-38(55-27)45(71)60-49(51)59-42/h2-8,10,14-17,20,30-32,35,39-41,48,52,61-62,66-68H,9,11-13,18-19,21-22H2,1H3,(H,54,76)(H,56,63)(H,57,69)(H,58,70)(H,64,65)(H,72,73)(H,74,75)(H3,51,53,59,60,71)/b3-2+/t30-,31-,32-,35+,39+,40-,41+,48+/m0/s1. The van der Waals surface area contributed by atoms with Gasteiger partial charge in [-0.15, -0.1) is 0 Å². The van der Waals surface area contributed by atoms with Gasteiger partial charge < -0.3 is 92.1 Å². The van der Waals surface area contributed by atoms with Gasteiger partial charge in [0.05, 0.1) is 32.0 Å². The maximum Gasteiger partial charge on any atom is 0.407 e. The summed E-state index contributed by atoms with van der Waals surface area (Å²) in [6, 6.07) is 9.55. The molecule has 438 valence electrons. The minimum Gasteiger partial charge on any atom is -0.508 e. The number of benzene rings is 3. The Morgan fingerprint density at radius 1 is 0.841 bits per heavy atom. The largest absolute Gasteiger partial charge is 0.508 e. The SMILES string of the molecule is COc1ccc(/C=C/c2cc(O)cc(O[C@@H]3O[C@H](CNC(=O)OCCSSC[C@H](NC(=O)[C@H](CC(=O)O)NC(=O)CC[C@H](NC(=O)c4ccc(NCc5cnc6nc(N)[nH]c(=O)c6n5)cc4)C(=O)O)C(=O)O)[C@@H](O)[C@H](O)[C@H]3O)c2)cc1O. The van der Waals surface area contributed by atoms with Crippen LogP contribution in [0.15, 0.2) is 71.7 Å². The molecule has 82 heavy (non-hydrogen) atoms. The van der Waals surface area contributed by atoms with Crippen LogP contribution in [-0.4, -0.2) is 183 Å². The number of carbonyl (C=O) groups excluding carboxylic acids is 4. The van der Waals surface area contributed by atoms with Crippen molar-refractivity contribution in [2.75, 3.05) is 42.8 Å². The Labute approximate surface area is 471 Å². The number of phenols is 2. The van der Waals surface area contributed by atoms with E-state index >= 15 is 0 Å². The third-order valence-corrected chi connectivity index (χ3v) is 14.1. The first-order valence-electron chi connectivity index (χ1n) is 24.4. The minimum atomic E-state index is -1.80. The molecule has 30 nitrogen and oxygen atoms in total. The number of nitrogens with zero attached hydrogens (tertiary/aromatic N) is 3. The number of aliphatic hydroxyl groups excluding tert-OH is 3. The molecule has 6 rings (SSSR count). The number of aliphatic hydroxyl groups is 3. The van der Waals surface area contributed by atoms with Gasteiger partial charge in [0.2, 0.25) is 24.1 Å². The molecule has 0 saturated carbocycles. The Balaban J connectivity index is 0.895. The number of amides is 4. The summed E-state index contributed by atoms with van der Waals surface area (Å²) in [5, 5.41) is 93.3. The van der Waals surface area contributed by atoms with Gasteiger partial charge in [0, 0.05) is 41.8 Å². The van der Waals surface area contributed by atoms with Crippen molar-refractivity contribution >= 4 is 98.3 Å². The van der Waals surface area contributed by atoms with Crippen molar-refractivity contribution in [3.63, 3.8) is 0 Å². The molecule has 32 heteroatoms. The van der Waals surface area contributed by atoms with Crippen LogP contribution in [0.3, 0.4) is 0 Å². The highest BCUT2D eigenvalue weighted by molar-refractivity contribution is 8.76. The van der Waals surface area contributed by atoms with Crippen molar-refractivity contribution in [2.24, 2.45) is 0 Å². The molecule has 0 bridgehead atoms. The predicted octanol–water partition coefficient (Wildman–Crippen LogP) is -0.0161. The smallest absolute Gasteiger partial charge is 0.407 e. The number of phenolic OH excluding ortho intramolecular Hbond substituents is 2. The van der Waals surface area contributed by atoms with Crippen molar-refractivity contribution < 1.29 is 93.4 Å². The highest BCUT2D eigenvalue weighted by Gasteiger charge is 2.45. The quantitative estimate of drug-likeness (QED) is 0.0178. The lowest BCUT2D eigenvalue weighted by molar-refractivity contribution is -0.270. The number of carboxylic acids is 3. The molecule has 0 radical (unpaired) electrons. The number of rotatable bonds is 28. The lowest BCUT2D eigenvalue weighted by Gasteiger charge is -2.40. The van der Waals surface area contributed by atoms with Crippen molar-refractivity contribution in [1.29, 1.82) is 0 Å². The van der Waals surface area contributed by atoms with Crippen molar-refractivity contribution in [3.05, 3.63) is 99.6 Å². The number of nitrogens with one attached hydrogen (secondary N) is 6. The fourth-order valence-electron chi connectivity index (χ4n) is 7.53. The Morgan fingerprint density at radius 2 is 1.57 bits per heavy atom. The van der Waals surface area contributed by atoms with Gasteiger partial charge in [-0.05, 0) is 66.1 Å². The molecule has 8 atom stereocenters. The zero-order valence-electron chi connectivity index (χ0n) is 43.0. The van der Waals surface area contributed by atoms with Crippen LogP contribution in [0.25, 0.3) is 23.3 Å². The van der Waals surface area contributed by atoms with E-state index in [0.717, 1.165) is 21.6 Å². The number of H-pyrrole nitrogens is 1. The summed E-state index contributed by atoms with van der Waals surface area (Å²) in [6.45, 7) is -0.561. The highest BCUT2D eigenvalue weighted by Crippen LogP contribution is 2.30. The zero-order valence-corrected chi connectivity index (χ0v) is 44.6. The molecule has 3 aromatic carbocycles. The third-order valence-electron chi connectivity index (χ3n) is 11.7. The molecule has 16 N–H and O–H groups in total. The molecule has 1 aliphatic rings. The normalized spacial score (nSPS) is 17.8. The van der Waals surface area contributed by atoms with Gasteiger partial charge in [-0.3, -0.25) is 29.0 Å². The first-order valence-corrected chi connectivity index (χ1v) is 26.9. The number of hydrogen-bond donors (Lipinski definition) is 15. The summed E-state index contributed by atoms with van der Waals surface area (Å²) >= 11 is 0. The Kier molecular flexibility index (Phi) is 22.4. The number of fused-ring (bicyclic) bond motifs is 1. The Morgan fingerprint density at radius 3 is 2.27 bits per heavy atom. The number of nitrogen functional groups attached to an aromatic ring is 1. The van der Waals surface area contributed by atoms with E-state index in [4.69, 9.17) is 24.7 Å². The molecule has 4 amide bonds. The first-order chi connectivity index (χ1) is 39.1. The average Bonchev–Trinajstić information content (AvgIpc) is 3.64. The number of ether oxygens (including phenoxy) is 4. The maximum absolute atomic E-state index is 13.1. The fraction of sp³-hybridized carbons (Fsp3) is 0.340. The second-order valence-corrected chi connectivity index (χ2v) is 20.3. The number of aromatic nitrogens is 4. The summed E-state index contributed by atoms with van der Waals surface area (Å²) in [4.78, 5) is 114. The van der Waals surface area contributed by atoms with Gasteiger partial charge in [-0.1, -0.05) is 39.8 Å². The van der Waals surface area contributed by atoms with Gasteiger partial charge in [0.1, 0.15) is 60.6 Å². The summed E-state index contributed by atoms with van der Waals surface area (Å²) in [7, 11) is 3.36. The van der Waals surface area contributed by atoms with E-state index < -0.39 is 122 Å². The molecule has 0 unspecified atom stereocenters. The molecule has 2 aromatic heterocycles. The van der Waals surface area contributed by atoms with Gasteiger partial charge in [-0.25, -0.2) is 24.4 Å². The van der Waals surface area contributed by atoms with Crippen molar-refractivity contribution in [1.82, 2.24) is 41.2 Å². The van der Waals surface area contributed by atoms with Crippen LogP contribution >= 0.6 is 21.6 Å². The van der Waals surface area contributed by atoms with E-state index in [1.165, 1.54) is 61.8 Å². The van der Waals surface area contributed by atoms with Crippen molar-refractivity contribution in [2.45, 2.75) is 74.6 Å². The van der Waals surface area contributed by atoms with E-state index in [1.807, 2.05) is 0 Å². The fourth-order valence-corrected chi connectivity index (χ4v) is 9.51. The number of carboxylic acid groups (broad SMARTS) is 3. The number of aromatic amines is 1. The highest BCUT2D eigenvalue weighted by atomic mass is 33.1. The summed E-state index contributed by atoms with van der Waals surface area (Å²) in [6.07, 6.45) is -6.67. The lowest BCUT2D eigenvalue weighted by Crippen LogP contribution is -2.61. The number of carbonyl (C=O) groups is 7. The topological polar surface area (TPSA) is 476 Å². The second kappa shape index (κ2) is 29.5. The summed E-state index contributed by atoms with van der Waals surface area (Å²) in [5.74, 6) is -7.96. The van der Waals surface area contributed by atoms with Crippen LogP contribution in [0, 0.1) is 0 Å². The minimum absolute atomic E-state index is 0.00217. The van der Waals surface area contributed by atoms with Gasteiger partial charge in [0.25, 0.3) is 11.5 Å². The van der Waals surface area contributed by atoms with Crippen LogP contribution in [0.1, 0.15) is 46.4 Å². The molecule has 5 aromatic rings. The molecule has 0 aliphatic carbocycles. The Hall–Kier alpha value is -8.95. The number of aromatic hydroxyl groups is 2. The zero-order chi connectivity index (χ0) is 59.6. The number of hydrogen-bond acceptors (Lipinski definition) is 24. The first kappa shape index (κ1) is 62.3. The monoisotopic (exact) mass is 1180 g/mol. The van der Waals surface area contributed by atoms with Gasteiger partial charge in [0.15, 0.2) is 22.7 Å². The molecule has 0 spiro atoms. The second-order valence-electron chi connectivity index (χ2n) is 17.7. The van der Waals surface area contributed by atoms with Crippen molar-refractivity contribution in [3.8, 4) is 23.0 Å². The summed E-state index contributed by atoms with van der Waals surface area (Å²) in [5.41, 5.74) is 6.96. The van der Waals surface area contributed by atoms with E-state index in [1.54, 1.807) is 24.3 Å². The van der Waals surface area contributed by atoms with Crippen LogP contribution in [-0.2, 0) is 40.0 Å². The molecule has 1 saturated heterocycles.